The lowest BCUT2D eigenvalue weighted by atomic mass is 10.0. The topological polar surface area (TPSA) is 108 Å². The Balaban J connectivity index is 1.21. The molecule has 2 aliphatic rings. The summed E-state index contributed by atoms with van der Waals surface area (Å²) < 4.78 is 46.5. The molecule has 10 heteroatoms. The number of hydrogen-bond acceptors (Lipinski definition) is 10. The second-order valence-electron chi connectivity index (χ2n) is 10.6. The van der Waals surface area contributed by atoms with Gasteiger partial charge in [-0.05, 0) is 30.2 Å². The Bertz CT molecular complexity index is 1670. The van der Waals surface area contributed by atoms with E-state index in [1.54, 1.807) is 13.8 Å². The number of benzene rings is 4. The van der Waals surface area contributed by atoms with E-state index < -0.39 is 24.5 Å². The average Bonchev–Trinajstić information content (AvgIpc) is 3.50. The van der Waals surface area contributed by atoms with Crippen LogP contribution in [0.4, 0.5) is 0 Å². The molecule has 2 aliphatic heterocycles. The van der Waals surface area contributed by atoms with Gasteiger partial charge in [-0.2, -0.15) is 0 Å². The molecule has 0 fully saturated rings. The summed E-state index contributed by atoms with van der Waals surface area (Å²) >= 11 is 0. The minimum atomic E-state index is -1.02. The third-order valence-corrected chi connectivity index (χ3v) is 7.27. The quantitative estimate of drug-likeness (QED) is 0.129. The van der Waals surface area contributed by atoms with Gasteiger partial charge in [-0.15, -0.1) is 0 Å². The van der Waals surface area contributed by atoms with Crippen LogP contribution in [-0.2, 0) is 33.9 Å². The van der Waals surface area contributed by atoms with Gasteiger partial charge in [0.25, 0.3) is 0 Å². The molecule has 1 unspecified atom stereocenters. The van der Waals surface area contributed by atoms with E-state index in [0.29, 0.717) is 43.5 Å². The van der Waals surface area contributed by atoms with Gasteiger partial charge in [-0.25, -0.2) is 4.79 Å². The summed E-state index contributed by atoms with van der Waals surface area (Å²) in [6.45, 7) is 3.60. The summed E-state index contributed by atoms with van der Waals surface area (Å²) in [7, 11) is 0. The fraction of sp³-hybridized carbons (Fsp3) is 0.278. The molecule has 0 radical (unpaired) electrons. The van der Waals surface area contributed by atoms with Crippen LogP contribution in [0.1, 0.15) is 47.3 Å². The summed E-state index contributed by atoms with van der Waals surface area (Å²) in [4.78, 5) is 25.5. The average molecular weight is 627 g/mol. The van der Waals surface area contributed by atoms with Crippen LogP contribution in [0.15, 0.2) is 84.9 Å². The van der Waals surface area contributed by atoms with Crippen LogP contribution < -0.4 is 28.4 Å². The van der Waals surface area contributed by atoms with Crippen LogP contribution in [0.2, 0.25) is 0 Å². The predicted octanol–water partition coefficient (Wildman–Crippen LogP) is 6.41. The standard InChI is InChI=1S/C36H34O10/c1-3-33(37)44-31-15-25(16-32-34(31)46-36(45-32)39-4-2)35(38)43-27-17-28-29(41-21-24-13-9-6-10-14-24)18-26(19-30(28)42-22-27)40-20-23-11-7-5-8-12-23/h5-16,18-19,27,36H,3-4,17,20-22H2,1-2H3/t27-,36?/m1/s1. The molecule has 0 bridgehead atoms. The van der Waals surface area contributed by atoms with Crippen LogP contribution in [0.3, 0.4) is 0 Å². The molecule has 0 saturated heterocycles. The van der Waals surface area contributed by atoms with E-state index >= 15 is 0 Å². The first kappa shape index (κ1) is 30.8. The van der Waals surface area contributed by atoms with Crippen LogP contribution in [0, 0.1) is 0 Å². The first-order valence-corrected chi connectivity index (χ1v) is 15.2. The maximum Gasteiger partial charge on any atom is 0.361 e. The third-order valence-electron chi connectivity index (χ3n) is 7.27. The Hall–Kier alpha value is -5.22. The molecule has 4 aromatic carbocycles. The number of carbonyl (C=O) groups excluding carboxylic acids is 2. The highest BCUT2D eigenvalue weighted by molar-refractivity contribution is 5.92. The largest absolute Gasteiger partial charge is 0.489 e. The first-order chi connectivity index (χ1) is 22.5. The highest BCUT2D eigenvalue weighted by Gasteiger charge is 2.33. The van der Waals surface area contributed by atoms with E-state index in [2.05, 4.69) is 0 Å². The molecule has 46 heavy (non-hydrogen) atoms. The van der Waals surface area contributed by atoms with Gasteiger partial charge in [0.1, 0.15) is 43.2 Å². The monoisotopic (exact) mass is 626 g/mol. The molecule has 238 valence electrons. The molecule has 2 heterocycles. The van der Waals surface area contributed by atoms with Gasteiger partial charge in [0, 0.05) is 30.5 Å². The predicted molar refractivity (Wildman–Crippen MR) is 165 cm³/mol. The number of ether oxygens (including phenoxy) is 8. The lowest BCUT2D eigenvalue weighted by molar-refractivity contribution is -0.174. The summed E-state index contributed by atoms with van der Waals surface area (Å²) in [6, 6.07) is 26.2. The van der Waals surface area contributed by atoms with Gasteiger partial charge in [-0.3, -0.25) is 4.79 Å². The Labute approximate surface area is 266 Å². The zero-order valence-corrected chi connectivity index (χ0v) is 25.6. The van der Waals surface area contributed by atoms with Gasteiger partial charge in [0.2, 0.25) is 5.75 Å². The third kappa shape index (κ3) is 7.35. The molecule has 0 aromatic heterocycles. The molecule has 0 N–H and O–H groups in total. The maximum atomic E-state index is 13.4. The van der Waals surface area contributed by atoms with E-state index in [9.17, 15) is 9.59 Å². The lowest BCUT2D eigenvalue weighted by Crippen LogP contribution is -2.31. The number of carbonyl (C=O) groups is 2. The van der Waals surface area contributed by atoms with E-state index in [4.69, 9.17) is 37.9 Å². The van der Waals surface area contributed by atoms with Crippen molar-refractivity contribution in [2.45, 2.75) is 52.5 Å². The van der Waals surface area contributed by atoms with Crippen LogP contribution in [-0.4, -0.2) is 37.7 Å². The van der Waals surface area contributed by atoms with Gasteiger partial charge in [0.05, 0.1) is 12.2 Å². The van der Waals surface area contributed by atoms with E-state index in [1.807, 2.05) is 72.8 Å². The minimum Gasteiger partial charge on any atom is -0.489 e. The zero-order chi connectivity index (χ0) is 31.9. The Morgan fingerprint density at radius 2 is 1.52 bits per heavy atom. The van der Waals surface area contributed by atoms with Crippen molar-refractivity contribution in [2.75, 3.05) is 13.2 Å². The molecule has 0 aliphatic carbocycles. The fourth-order valence-corrected chi connectivity index (χ4v) is 4.98. The smallest absolute Gasteiger partial charge is 0.361 e. The van der Waals surface area contributed by atoms with Crippen molar-refractivity contribution in [3.8, 4) is 34.5 Å². The summed E-state index contributed by atoms with van der Waals surface area (Å²) in [5.41, 5.74) is 2.91. The lowest BCUT2D eigenvalue weighted by Gasteiger charge is -2.27. The van der Waals surface area contributed by atoms with Crippen molar-refractivity contribution in [1.82, 2.24) is 0 Å². The molecule has 0 saturated carbocycles. The highest BCUT2D eigenvalue weighted by Crippen LogP contribution is 2.45. The Morgan fingerprint density at radius 1 is 0.804 bits per heavy atom. The van der Waals surface area contributed by atoms with Gasteiger partial charge >= 0.3 is 18.4 Å². The summed E-state index contributed by atoms with van der Waals surface area (Å²) in [5.74, 6) is 1.05. The summed E-state index contributed by atoms with van der Waals surface area (Å²) in [5, 5.41) is 0. The number of hydrogen-bond donors (Lipinski definition) is 0. The van der Waals surface area contributed by atoms with Crippen LogP contribution in [0.5, 0.6) is 34.5 Å². The molecular formula is C36H34O10. The van der Waals surface area contributed by atoms with Crippen molar-refractivity contribution < 1.29 is 47.5 Å². The van der Waals surface area contributed by atoms with Crippen molar-refractivity contribution in [3.63, 3.8) is 0 Å². The van der Waals surface area contributed by atoms with Gasteiger partial charge in [0.15, 0.2) is 11.5 Å². The van der Waals surface area contributed by atoms with Gasteiger partial charge in [-0.1, -0.05) is 67.6 Å². The van der Waals surface area contributed by atoms with E-state index in [1.165, 1.54) is 12.1 Å². The van der Waals surface area contributed by atoms with Crippen molar-refractivity contribution in [1.29, 1.82) is 0 Å². The number of rotatable bonds is 12. The van der Waals surface area contributed by atoms with Crippen molar-refractivity contribution >= 4 is 11.9 Å². The summed E-state index contributed by atoms with van der Waals surface area (Å²) in [6.07, 6.45) is -0.150. The Morgan fingerprint density at radius 3 is 2.22 bits per heavy atom. The molecule has 6 rings (SSSR count). The molecule has 2 atom stereocenters. The van der Waals surface area contributed by atoms with Crippen molar-refractivity contribution in [2.24, 2.45) is 0 Å². The maximum absolute atomic E-state index is 13.4. The molecule has 10 nitrogen and oxygen atoms in total. The second-order valence-corrected chi connectivity index (χ2v) is 10.6. The fourth-order valence-electron chi connectivity index (χ4n) is 4.98. The molecule has 4 aromatic rings. The molecule has 0 spiro atoms. The first-order valence-electron chi connectivity index (χ1n) is 15.2. The van der Waals surface area contributed by atoms with Crippen LogP contribution >= 0.6 is 0 Å². The number of esters is 2. The minimum absolute atomic E-state index is 0.0448. The van der Waals surface area contributed by atoms with E-state index in [0.717, 1.165) is 16.7 Å². The normalized spacial score (nSPS) is 16.1. The molecular weight excluding hydrogens is 592 g/mol. The Kier molecular flexibility index (Phi) is 9.54. The molecule has 0 amide bonds. The second kappa shape index (κ2) is 14.3. The van der Waals surface area contributed by atoms with Crippen molar-refractivity contribution in [3.05, 3.63) is 107 Å². The van der Waals surface area contributed by atoms with Gasteiger partial charge < -0.3 is 37.9 Å². The number of fused-ring (bicyclic) bond motifs is 2. The van der Waals surface area contributed by atoms with E-state index in [-0.39, 0.29) is 35.8 Å². The van der Waals surface area contributed by atoms with Crippen LogP contribution in [0.25, 0.3) is 0 Å². The zero-order valence-electron chi connectivity index (χ0n) is 25.6. The SMILES string of the molecule is CCOC1Oc2cc(C(=O)O[C@H]3COc4cc(OCc5ccccc5)cc(OCc5ccccc5)c4C3)cc(OC(=O)CC)c2O1. The highest BCUT2D eigenvalue weighted by atomic mass is 16.9.